The standard InChI is InChI=1S/C65H36/c1-3-25-57-45(17-1)47-29-27-39(43-31-41-15-9-21-51-49-19-5-11-37-13-7-23-53(61(37)49)55(33-43)63(41)51)35-59(47)65(57)58-26-4-2-18-46(58)48-30-28-40(36-60(48)65)44-32-42-16-10-22-52-50-20-6-12-38-14-8-24-54(62(38)50)56(34-44)64(42)52/h1-36H. The molecule has 2 aliphatic carbocycles. The van der Waals surface area contributed by atoms with Crippen molar-refractivity contribution in [1.82, 2.24) is 0 Å². The zero-order valence-electron chi connectivity index (χ0n) is 35.3. The van der Waals surface area contributed by atoms with Crippen LogP contribution in [-0.4, -0.2) is 0 Å². The quantitative estimate of drug-likeness (QED) is 0.120. The molecule has 0 radical (unpaired) electrons. The van der Waals surface area contributed by atoms with Gasteiger partial charge in [-0.1, -0.05) is 182 Å². The molecule has 0 N–H and O–H groups in total. The summed E-state index contributed by atoms with van der Waals surface area (Å²) in [4.78, 5) is 0. The van der Waals surface area contributed by atoms with E-state index >= 15 is 0 Å². The Labute approximate surface area is 374 Å². The fraction of sp³-hybridized carbons (Fsp3) is 0.0154. The van der Waals surface area contributed by atoms with E-state index in [-0.39, 0.29) is 0 Å². The van der Waals surface area contributed by atoms with Crippen LogP contribution in [0.1, 0.15) is 22.3 Å². The largest absolute Gasteiger partial charge is 0.0725 e. The summed E-state index contributed by atoms with van der Waals surface area (Å²) in [5.74, 6) is 0. The van der Waals surface area contributed by atoms with Gasteiger partial charge in [0.15, 0.2) is 0 Å². The number of hydrogen-bond donors (Lipinski definition) is 0. The highest BCUT2D eigenvalue weighted by Gasteiger charge is 2.51. The van der Waals surface area contributed by atoms with Gasteiger partial charge in [0.1, 0.15) is 0 Å². The second kappa shape index (κ2) is 12.0. The summed E-state index contributed by atoms with van der Waals surface area (Å²) in [6, 6.07) is 83.6. The molecular formula is C65H36. The van der Waals surface area contributed by atoms with Gasteiger partial charge in [0, 0.05) is 0 Å². The molecule has 14 aromatic carbocycles. The Morgan fingerprint density at radius 2 is 0.538 bits per heavy atom. The molecular weight excluding hydrogens is 781 g/mol. The minimum atomic E-state index is -0.491. The van der Waals surface area contributed by atoms with Gasteiger partial charge in [-0.05, 0) is 189 Å². The van der Waals surface area contributed by atoms with Crippen LogP contribution in [-0.2, 0) is 5.41 Å². The van der Waals surface area contributed by atoms with Crippen molar-refractivity contribution >= 4 is 86.2 Å². The van der Waals surface area contributed by atoms with E-state index in [1.54, 1.807) is 0 Å². The van der Waals surface area contributed by atoms with E-state index in [0.29, 0.717) is 0 Å². The highest BCUT2D eigenvalue weighted by molar-refractivity contribution is 6.34. The second-order valence-corrected chi connectivity index (χ2v) is 18.6. The molecule has 0 atom stereocenters. The van der Waals surface area contributed by atoms with Gasteiger partial charge in [-0.15, -0.1) is 0 Å². The maximum atomic E-state index is 2.54. The van der Waals surface area contributed by atoms with Gasteiger partial charge in [0.25, 0.3) is 0 Å². The Bertz CT molecular complexity index is 4120. The summed E-state index contributed by atoms with van der Waals surface area (Å²) >= 11 is 0. The molecule has 0 bridgehead atoms. The van der Waals surface area contributed by atoms with Crippen molar-refractivity contribution in [3.8, 4) is 44.5 Å². The fourth-order valence-corrected chi connectivity index (χ4v) is 13.1. The number of hydrogen-bond acceptors (Lipinski definition) is 0. The van der Waals surface area contributed by atoms with Crippen LogP contribution >= 0.6 is 0 Å². The monoisotopic (exact) mass is 816 g/mol. The molecule has 1 spiro atoms. The topological polar surface area (TPSA) is 0 Å². The molecule has 16 rings (SSSR count). The van der Waals surface area contributed by atoms with Crippen LogP contribution < -0.4 is 0 Å². The molecule has 0 unspecified atom stereocenters. The molecule has 0 saturated carbocycles. The van der Waals surface area contributed by atoms with Gasteiger partial charge in [-0.2, -0.15) is 0 Å². The molecule has 14 aromatic rings. The average Bonchev–Trinajstić information content (AvgIpc) is 3.83. The lowest BCUT2D eigenvalue weighted by atomic mass is 9.70. The van der Waals surface area contributed by atoms with E-state index < -0.39 is 5.41 Å². The van der Waals surface area contributed by atoms with Crippen LogP contribution in [0, 0.1) is 0 Å². The molecule has 296 valence electrons. The first-order valence-electron chi connectivity index (χ1n) is 22.9. The van der Waals surface area contributed by atoms with Crippen molar-refractivity contribution < 1.29 is 0 Å². The van der Waals surface area contributed by atoms with Crippen LogP contribution in [0.5, 0.6) is 0 Å². The van der Waals surface area contributed by atoms with Crippen molar-refractivity contribution in [2.45, 2.75) is 5.41 Å². The first-order valence-corrected chi connectivity index (χ1v) is 22.9. The second-order valence-electron chi connectivity index (χ2n) is 18.6. The molecule has 0 fully saturated rings. The van der Waals surface area contributed by atoms with Crippen molar-refractivity contribution in [3.05, 3.63) is 241 Å². The first-order chi connectivity index (χ1) is 32.2. The lowest BCUT2D eigenvalue weighted by molar-refractivity contribution is 0.794. The summed E-state index contributed by atoms with van der Waals surface area (Å²) in [7, 11) is 0. The summed E-state index contributed by atoms with van der Waals surface area (Å²) in [5, 5.41) is 21.1. The fourth-order valence-electron chi connectivity index (χ4n) is 13.1. The van der Waals surface area contributed by atoms with E-state index in [4.69, 9.17) is 0 Å². The number of rotatable bonds is 2. The highest BCUT2D eigenvalue weighted by Crippen LogP contribution is 2.63. The van der Waals surface area contributed by atoms with Crippen LogP contribution in [0.4, 0.5) is 0 Å². The molecule has 0 saturated heterocycles. The van der Waals surface area contributed by atoms with Gasteiger partial charge in [-0.25, -0.2) is 0 Å². The normalized spacial score (nSPS) is 13.7. The molecule has 0 aliphatic heterocycles. The van der Waals surface area contributed by atoms with E-state index in [1.807, 2.05) is 0 Å². The smallest absolute Gasteiger partial charge is 0.0619 e. The van der Waals surface area contributed by atoms with Crippen LogP contribution in [0.3, 0.4) is 0 Å². The molecule has 65 heavy (non-hydrogen) atoms. The lowest BCUT2D eigenvalue weighted by Crippen LogP contribution is -2.26. The lowest BCUT2D eigenvalue weighted by Gasteiger charge is -2.31. The summed E-state index contributed by atoms with van der Waals surface area (Å²) in [6.07, 6.45) is 0. The van der Waals surface area contributed by atoms with Crippen molar-refractivity contribution in [2.24, 2.45) is 0 Å². The summed E-state index contributed by atoms with van der Waals surface area (Å²) < 4.78 is 0. The van der Waals surface area contributed by atoms with Crippen molar-refractivity contribution in [1.29, 1.82) is 0 Å². The molecule has 0 amide bonds. The average molecular weight is 817 g/mol. The van der Waals surface area contributed by atoms with Gasteiger partial charge >= 0.3 is 0 Å². The summed E-state index contributed by atoms with van der Waals surface area (Å²) in [6.45, 7) is 0. The Morgan fingerprint density at radius 1 is 0.200 bits per heavy atom. The van der Waals surface area contributed by atoms with E-state index in [1.165, 1.54) is 153 Å². The number of benzene rings is 14. The Hall–Kier alpha value is -8.32. The minimum Gasteiger partial charge on any atom is -0.0619 e. The first kappa shape index (κ1) is 34.2. The van der Waals surface area contributed by atoms with Crippen LogP contribution in [0.15, 0.2) is 218 Å². The molecule has 0 heterocycles. The van der Waals surface area contributed by atoms with Gasteiger partial charge in [0.05, 0.1) is 5.41 Å². The van der Waals surface area contributed by atoms with E-state index in [2.05, 4.69) is 218 Å². The van der Waals surface area contributed by atoms with Crippen molar-refractivity contribution in [2.75, 3.05) is 0 Å². The SMILES string of the molecule is c1ccc2c(c1)-c1ccc(-c3cc4cccc5c6cccc7cccc(c(c3)c45)c76)cc1C21c2ccccc2-c2ccc(-c3cc4cccc5c6cccc7cccc(c(c3)c45)c76)cc21. The van der Waals surface area contributed by atoms with Gasteiger partial charge < -0.3 is 0 Å². The molecule has 0 nitrogen and oxygen atoms in total. The van der Waals surface area contributed by atoms with Crippen LogP contribution in [0.25, 0.3) is 131 Å². The van der Waals surface area contributed by atoms with Gasteiger partial charge in [0.2, 0.25) is 0 Å². The predicted molar refractivity (Wildman–Crippen MR) is 276 cm³/mol. The van der Waals surface area contributed by atoms with E-state index in [0.717, 1.165) is 0 Å². The maximum absolute atomic E-state index is 2.54. The zero-order chi connectivity index (χ0) is 42.1. The third-order valence-electron chi connectivity index (χ3n) is 15.7. The Balaban J connectivity index is 0.959. The van der Waals surface area contributed by atoms with Crippen molar-refractivity contribution in [3.63, 3.8) is 0 Å². The van der Waals surface area contributed by atoms with E-state index in [9.17, 15) is 0 Å². The predicted octanol–water partition coefficient (Wildman–Crippen LogP) is 17.5. The number of fused-ring (bicyclic) bond motifs is 14. The third-order valence-corrected chi connectivity index (χ3v) is 15.7. The molecule has 2 aliphatic rings. The third kappa shape index (κ3) is 4.19. The maximum Gasteiger partial charge on any atom is 0.0725 e. The van der Waals surface area contributed by atoms with Gasteiger partial charge in [-0.3, -0.25) is 0 Å². The molecule has 0 aromatic heterocycles. The molecule has 0 heteroatoms. The highest BCUT2D eigenvalue weighted by atomic mass is 14.5. The Morgan fingerprint density at radius 3 is 0.954 bits per heavy atom. The Kier molecular flexibility index (Phi) is 6.33. The van der Waals surface area contributed by atoms with Crippen LogP contribution in [0.2, 0.25) is 0 Å². The minimum absolute atomic E-state index is 0.491. The zero-order valence-corrected chi connectivity index (χ0v) is 35.3. The summed E-state index contributed by atoms with van der Waals surface area (Å²) in [5.41, 5.74) is 15.2.